The molecule has 0 heterocycles. The number of aromatic carboxylic acids is 2. The summed E-state index contributed by atoms with van der Waals surface area (Å²) in [7, 11) is -9.99. The molecule has 8 N–H and O–H groups in total. The average molecular weight is 801 g/mol. The van der Waals surface area contributed by atoms with Gasteiger partial charge in [-0.25, -0.2) is 9.59 Å². The highest BCUT2D eigenvalue weighted by Crippen LogP contribution is 2.44. The number of nitrogens with one attached hydrogen (secondary N) is 1. The number of carbonyl (C=O) groups is 2. The van der Waals surface area contributed by atoms with Gasteiger partial charge in [0.15, 0.2) is 11.5 Å². The molecule has 0 saturated carbocycles. The zero-order valence-corrected chi connectivity index (χ0v) is 29.5. The maximum Gasteiger partial charge on any atom is 0.337 e. The van der Waals surface area contributed by atoms with Gasteiger partial charge in [0.1, 0.15) is 32.5 Å². The van der Waals surface area contributed by atoms with Crippen molar-refractivity contribution in [1.82, 2.24) is 0 Å². The molecule has 0 aliphatic carbocycles. The van der Waals surface area contributed by atoms with E-state index < -0.39 is 70.9 Å². The van der Waals surface area contributed by atoms with Gasteiger partial charge in [0.2, 0.25) is 0 Å². The number of nitrogens with zero attached hydrogens (tertiary/aromatic N) is 5. The number of phenols is 2. The van der Waals surface area contributed by atoms with Crippen LogP contribution in [0.2, 0.25) is 0 Å². The molecule has 56 heavy (non-hydrogen) atoms. The summed E-state index contributed by atoms with van der Waals surface area (Å²) in [6.07, 6.45) is 0. The van der Waals surface area contributed by atoms with Crippen molar-refractivity contribution in [1.29, 1.82) is 0 Å². The van der Waals surface area contributed by atoms with Crippen molar-refractivity contribution in [2.75, 3.05) is 5.32 Å². The number of azo groups is 2. The third kappa shape index (κ3) is 7.95. The number of phenolic OH excluding ortho intramolecular Hbond substituents is 2. The van der Waals surface area contributed by atoms with Crippen LogP contribution in [0.15, 0.2) is 132 Å². The average Bonchev–Trinajstić information content (AvgIpc) is 3.13. The molecule has 6 aromatic rings. The number of aliphatic hydroxyl groups is 1. The van der Waals surface area contributed by atoms with Gasteiger partial charge >= 0.3 is 11.9 Å². The Hall–Kier alpha value is -7.33. The number of hydrogen-bond acceptors (Lipinski definition) is 13. The van der Waals surface area contributed by atoms with Crippen molar-refractivity contribution in [2.24, 2.45) is 25.4 Å². The van der Waals surface area contributed by atoms with Crippen LogP contribution in [0.4, 0.5) is 34.1 Å². The molecule has 0 fully saturated rings. The fourth-order valence-electron chi connectivity index (χ4n) is 5.37. The smallest absolute Gasteiger partial charge is 0.337 e. The Morgan fingerprint density at radius 1 is 0.554 bits per heavy atom. The fraction of sp³-hybridized carbons (Fsp3) is 0. The van der Waals surface area contributed by atoms with Crippen LogP contribution >= 0.6 is 0 Å². The second-order valence-electron chi connectivity index (χ2n) is 11.5. The van der Waals surface area contributed by atoms with Crippen molar-refractivity contribution in [3.63, 3.8) is 0 Å². The van der Waals surface area contributed by atoms with E-state index in [1.54, 1.807) is 0 Å². The van der Waals surface area contributed by atoms with Gasteiger partial charge < -0.3 is 30.8 Å². The quantitative estimate of drug-likeness (QED) is 0.0284. The molecule has 284 valence electrons. The van der Waals surface area contributed by atoms with Gasteiger partial charge in [0.25, 0.3) is 26.3 Å². The zero-order valence-electron chi connectivity index (χ0n) is 27.9. The summed E-state index contributed by atoms with van der Waals surface area (Å²) >= 11 is 0. The normalized spacial score (nSPS) is 12.5. The van der Waals surface area contributed by atoms with E-state index in [4.69, 9.17) is 0 Å². The van der Waals surface area contributed by atoms with Crippen LogP contribution in [-0.2, 0) is 20.2 Å². The maximum absolute atomic E-state index is 12.2. The van der Waals surface area contributed by atoms with Crippen molar-refractivity contribution < 1.29 is 61.1 Å². The number of aliphatic imine (C=N–C) groups is 1. The zero-order chi connectivity index (χ0) is 40.5. The minimum Gasteiger partial charge on any atom is -0.505 e. The second-order valence-corrected chi connectivity index (χ2v) is 14.3. The molecule has 0 radical (unpaired) electrons. The summed E-state index contributed by atoms with van der Waals surface area (Å²) in [6, 6.07) is 19.8. The molecule has 19 nitrogen and oxygen atoms in total. The Bertz CT molecular complexity index is 2950. The van der Waals surface area contributed by atoms with Crippen LogP contribution in [0.5, 0.6) is 11.5 Å². The van der Waals surface area contributed by atoms with E-state index in [2.05, 4.69) is 30.8 Å². The van der Waals surface area contributed by atoms with Crippen LogP contribution in [0, 0.1) is 0 Å². The maximum atomic E-state index is 12.2. The molecule has 0 saturated heterocycles. The number of carboxylic acid groups (broad SMARTS) is 2. The van der Waals surface area contributed by atoms with Crippen LogP contribution in [-0.4, -0.2) is 69.4 Å². The Labute approximate surface area is 314 Å². The number of anilines is 1. The summed E-state index contributed by atoms with van der Waals surface area (Å²) in [6.45, 7) is 0. The summed E-state index contributed by atoms with van der Waals surface area (Å²) < 4.78 is 68.7. The lowest BCUT2D eigenvalue weighted by atomic mass is 10.1. The van der Waals surface area contributed by atoms with Gasteiger partial charge in [-0.2, -0.15) is 21.8 Å². The third-order valence-corrected chi connectivity index (χ3v) is 9.65. The van der Waals surface area contributed by atoms with E-state index >= 15 is 0 Å². The summed E-state index contributed by atoms with van der Waals surface area (Å²) in [5.41, 5.74) is -2.28. The number of aromatic hydroxyl groups is 2. The number of benzene rings is 6. The highest BCUT2D eigenvalue weighted by molar-refractivity contribution is 7.86. The number of aliphatic hydroxyl groups excluding tert-OH is 1. The van der Waals surface area contributed by atoms with E-state index in [-0.39, 0.29) is 55.4 Å². The van der Waals surface area contributed by atoms with E-state index in [1.165, 1.54) is 84.9 Å². The fourth-order valence-corrected chi connectivity index (χ4v) is 6.69. The monoisotopic (exact) mass is 800 g/mol. The summed E-state index contributed by atoms with van der Waals surface area (Å²) in [5, 5.41) is 69.5. The first kappa shape index (κ1) is 38.4. The topological polar surface area (TPSA) is 318 Å². The molecule has 0 unspecified atom stereocenters. The number of carboxylic acids is 2. The molecule has 0 atom stereocenters. The lowest BCUT2D eigenvalue weighted by molar-refractivity contribution is 0.0687. The second kappa shape index (κ2) is 14.8. The molecule has 0 spiro atoms. The molecule has 0 aliphatic rings. The third-order valence-electron chi connectivity index (χ3n) is 7.92. The first-order valence-electron chi connectivity index (χ1n) is 15.5. The van der Waals surface area contributed by atoms with Crippen LogP contribution < -0.4 is 5.32 Å². The number of rotatable bonds is 10. The van der Waals surface area contributed by atoms with Gasteiger partial charge in [-0.05, 0) is 71.4 Å². The molecule has 6 rings (SSSR count). The van der Waals surface area contributed by atoms with Crippen LogP contribution in [0.1, 0.15) is 20.7 Å². The van der Waals surface area contributed by atoms with Gasteiger partial charge in [0, 0.05) is 16.5 Å². The van der Waals surface area contributed by atoms with Crippen molar-refractivity contribution in [3.8, 4) is 11.5 Å². The minimum absolute atomic E-state index is 0.0118. The lowest BCUT2D eigenvalue weighted by Gasteiger charge is -2.11. The number of amidine groups is 1. The Balaban J connectivity index is 1.36. The van der Waals surface area contributed by atoms with E-state index in [9.17, 15) is 61.1 Å². The number of fused-ring (bicyclic) bond motifs is 2. The standard InChI is InChI=1S/C35H24N6O13S2/c42-31-23-15-19(11-9-17(23)13-27(55(49,50)51)29(31)40-38-25-7-3-1-5-21(25)33(44)45)36-35(48)37-20-12-10-18-14-28(56(52,53)54)30(32(43)24(18)16-20)41-39-26-8-4-2-6-22(26)34(46)47/h1-16,42-43H,(H,44,45)(H,46,47)(H2,36,37,48)(H,49,50,51)(H,52,53,54). The molecule has 0 aromatic heterocycles. The predicted octanol–water partition coefficient (Wildman–Crippen LogP) is 7.78. The van der Waals surface area contributed by atoms with Crippen LogP contribution in [0.3, 0.4) is 0 Å². The van der Waals surface area contributed by atoms with Gasteiger partial charge in [-0.15, -0.1) is 20.5 Å². The molecular weight excluding hydrogens is 777 g/mol. The Morgan fingerprint density at radius 3 is 1.46 bits per heavy atom. The van der Waals surface area contributed by atoms with E-state index in [0.29, 0.717) is 0 Å². The molecule has 6 aromatic carbocycles. The number of hydrogen-bond donors (Lipinski definition) is 8. The van der Waals surface area contributed by atoms with E-state index in [1.807, 2.05) is 0 Å². The lowest BCUT2D eigenvalue weighted by Crippen LogP contribution is -2.10. The molecular formula is C35H24N6O13S2. The van der Waals surface area contributed by atoms with Crippen molar-refractivity contribution in [2.45, 2.75) is 9.79 Å². The van der Waals surface area contributed by atoms with Gasteiger partial charge in [0.05, 0.1) is 16.8 Å². The van der Waals surface area contributed by atoms with Gasteiger partial charge in [-0.1, -0.05) is 36.4 Å². The highest BCUT2D eigenvalue weighted by Gasteiger charge is 2.24. The Kier molecular flexibility index (Phi) is 10.2. The molecule has 0 bridgehead atoms. The Morgan fingerprint density at radius 2 is 1.00 bits per heavy atom. The van der Waals surface area contributed by atoms with Crippen molar-refractivity contribution in [3.05, 3.63) is 108 Å². The molecule has 21 heteroatoms. The van der Waals surface area contributed by atoms with Crippen LogP contribution in [0.25, 0.3) is 21.5 Å². The van der Waals surface area contributed by atoms with Gasteiger partial charge in [-0.3, -0.25) is 9.11 Å². The largest absolute Gasteiger partial charge is 0.505 e. The first-order chi connectivity index (χ1) is 26.4. The molecule has 0 aliphatic heterocycles. The summed E-state index contributed by atoms with van der Waals surface area (Å²) in [4.78, 5) is 25.5. The predicted molar refractivity (Wildman–Crippen MR) is 199 cm³/mol. The van der Waals surface area contributed by atoms with Crippen molar-refractivity contribution >= 4 is 93.9 Å². The van der Waals surface area contributed by atoms with E-state index in [0.717, 1.165) is 12.1 Å². The highest BCUT2D eigenvalue weighted by atomic mass is 32.2. The SMILES string of the molecule is O=C(O)c1ccccc1N=Nc1c(S(=O)(=O)O)cc2ccc(N=C(O)Nc3ccc4cc(S(=O)(=O)O)c(N=Nc5ccccc5C(=O)O)c(O)c4c3)cc2c1O. The summed E-state index contributed by atoms with van der Waals surface area (Å²) in [5.74, 6) is -4.27. The molecule has 0 amide bonds. The minimum atomic E-state index is -4.99. The first-order valence-corrected chi connectivity index (χ1v) is 18.4.